The number of piperidine rings is 1. The summed E-state index contributed by atoms with van der Waals surface area (Å²) in [7, 11) is 2.19. The maximum absolute atomic E-state index is 6.53. The van der Waals surface area contributed by atoms with Gasteiger partial charge in [-0.15, -0.1) is 0 Å². The largest absolute Gasteiger partial charge is 0.494 e. The van der Waals surface area contributed by atoms with E-state index in [4.69, 9.17) is 9.47 Å². The normalized spacial score (nSPS) is 23.9. The number of hydrogen-bond acceptors (Lipinski definition) is 4. The Morgan fingerprint density at radius 2 is 2.09 bits per heavy atom. The average Bonchev–Trinajstić information content (AvgIpc) is 2.51. The number of rotatable bonds is 4. The summed E-state index contributed by atoms with van der Waals surface area (Å²) in [6.07, 6.45) is 3.27. The van der Waals surface area contributed by atoms with Crippen LogP contribution in [-0.2, 0) is 0 Å². The molecule has 1 spiro atoms. The van der Waals surface area contributed by atoms with Gasteiger partial charge in [-0.2, -0.15) is 0 Å². The second kappa shape index (κ2) is 6.47. The van der Waals surface area contributed by atoms with E-state index in [0.717, 1.165) is 50.4 Å². The van der Waals surface area contributed by atoms with Crippen molar-refractivity contribution in [3.05, 3.63) is 23.8 Å². The molecule has 0 aromatic heterocycles. The van der Waals surface area contributed by atoms with Gasteiger partial charge in [0.25, 0.3) is 0 Å². The average molecular weight is 304 g/mol. The molecule has 3 rings (SSSR count). The molecule has 4 nitrogen and oxygen atoms in total. The molecule has 2 heterocycles. The minimum absolute atomic E-state index is 0.0167. The Labute approximate surface area is 133 Å². The Kier molecular flexibility index (Phi) is 4.59. The van der Waals surface area contributed by atoms with E-state index < -0.39 is 0 Å². The molecule has 0 bridgehead atoms. The van der Waals surface area contributed by atoms with E-state index in [-0.39, 0.29) is 5.60 Å². The second-order valence-electron chi connectivity index (χ2n) is 6.54. The van der Waals surface area contributed by atoms with Crippen molar-refractivity contribution < 1.29 is 9.47 Å². The third kappa shape index (κ3) is 3.08. The van der Waals surface area contributed by atoms with Gasteiger partial charge in [0.05, 0.1) is 6.61 Å². The van der Waals surface area contributed by atoms with Crippen molar-refractivity contribution in [2.45, 2.75) is 44.8 Å². The first kappa shape index (κ1) is 15.6. The zero-order chi connectivity index (χ0) is 15.6. The first-order valence-corrected chi connectivity index (χ1v) is 8.53. The predicted molar refractivity (Wildman–Crippen MR) is 88.7 cm³/mol. The SMILES string of the molecule is CCNC1CC2(CCN(C)CC2)Oc2cc(OCC)ccc21. The topological polar surface area (TPSA) is 33.7 Å². The van der Waals surface area contributed by atoms with Crippen LogP contribution in [0.25, 0.3) is 0 Å². The molecule has 0 saturated carbocycles. The maximum atomic E-state index is 6.53. The number of likely N-dealkylation sites (tertiary alicyclic amines) is 1. The summed E-state index contributed by atoms with van der Waals surface area (Å²) in [6.45, 7) is 8.07. The van der Waals surface area contributed by atoms with Crippen LogP contribution in [0.4, 0.5) is 0 Å². The zero-order valence-corrected chi connectivity index (χ0v) is 14.0. The van der Waals surface area contributed by atoms with Gasteiger partial charge in [0.15, 0.2) is 0 Å². The number of fused-ring (bicyclic) bond motifs is 1. The number of nitrogens with one attached hydrogen (secondary N) is 1. The molecule has 2 aliphatic heterocycles. The lowest BCUT2D eigenvalue weighted by molar-refractivity contribution is -0.0202. The predicted octanol–water partition coefficient (Wildman–Crippen LogP) is 2.98. The van der Waals surface area contributed by atoms with Crippen LogP contribution in [0.5, 0.6) is 11.5 Å². The first-order valence-electron chi connectivity index (χ1n) is 8.53. The molecule has 1 aromatic carbocycles. The van der Waals surface area contributed by atoms with Gasteiger partial charge < -0.3 is 19.7 Å². The Morgan fingerprint density at radius 1 is 1.32 bits per heavy atom. The smallest absolute Gasteiger partial charge is 0.128 e. The van der Waals surface area contributed by atoms with Crippen molar-refractivity contribution in [3.63, 3.8) is 0 Å². The van der Waals surface area contributed by atoms with Crippen LogP contribution in [0.2, 0.25) is 0 Å². The van der Waals surface area contributed by atoms with Crippen LogP contribution >= 0.6 is 0 Å². The molecule has 1 N–H and O–H groups in total. The summed E-state index contributed by atoms with van der Waals surface area (Å²) in [5.74, 6) is 1.91. The van der Waals surface area contributed by atoms with Gasteiger partial charge in [-0.25, -0.2) is 0 Å². The summed E-state index contributed by atoms with van der Waals surface area (Å²) < 4.78 is 12.2. The van der Waals surface area contributed by atoms with E-state index in [1.165, 1.54) is 5.56 Å². The van der Waals surface area contributed by atoms with Gasteiger partial charge in [0.2, 0.25) is 0 Å². The van der Waals surface area contributed by atoms with E-state index in [1.54, 1.807) is 0 Å². The van der Waals surface area contributed by atoms with Crippen molar-refractivity contribution in [3.8, 4) is 11.5 Å². The van der Waals surface area contributed by atoms with Crippen LogP contribution in [-0.4, -0.2) is 43.8 Å². The molecule has 1 saturated heterocycles. The molecular weight excluding hydrogens is 276 g/mol. The summed E-state index contributed by atoms with van der Waals surface area (Å²) in [6, 6.07) is 6.67. The van der Waals surface area contributed by atoms with Crippen LogP contribution in [0, 0.1) is 0 Å². The van der Waals surface area contributed by atoms with Crippen LogP contribution < -0.4 is 14.8 Å². The molecule has 1 fully saturated rings. The molecule has 4 heteroatoms. The third-order valence-electron chi connectivity index (χ3n) is 4.92. The standard InChI is InChI=1S/C18H28N2O2/c1-4-19-16-13-18(8-10-20(3)11-9-18)22-17-12-14(21-5-2)6-7-15(16)17/h6-7,12,16,19H,4-5,8-11,13H2,1-3H3. The van der Waals surface area contributed by atoms with Gasteiger partial charge in [0.1, 0.15) is 17.1 Å². The molecule has 122 valence electrons. The second-order valence-corrected chi connectivity index (χ2v) is 6.54. The quantitative estimate of drug-likeness (QED) is 0.927. The molecule has 0 aliphatic carbocycles. The van der Waals surface area contributed by atoms with Crippen LogP contribution in [0.1, 0.15) is 44.7 Å². The van der Waals surface area contributed by atoms with Crippen molar-refractivity contribution >= 4 is 0 Å². The van der Waals surface area contributed by atoms with Crippen molar-refractivity contribution in [1.29, 1.82) is 0 Å². The van der Waals surface area contributed by atoms with E-state index >= 15 is 0 Å². The minimum atomic E-state index is -0.0167. The molecule has 0 amide bonds. The zero-order valence-electron chi connectivity index (χ0n) is 14.0. The summed E-state index contributed by atoms with van der Waals surface area (Å²) >= 11 is 0. The van der Waals surface area contributed by atoms with E-state index in [9.17, 15) is 0 Å². The van der Waals surface area contributed by atoms with Gasteiger partial charge >= 0.3 is 0 Å². The van der Waals surface area contributed by atoms with Crippen molar-refractivity contribution in [2.75, 3.05) is 33.3 Å². The summed E-state index contributed by atoms with van der Waals surface area (Å²) in [5, 5.41) is 3.64. The molecule has 1 atom stereocenters. The fourth-order valence-electron chi connectivity index (χ4n) is 3.67. The van der Waals surface area contributed by atoms with Gasteiger partial charge in [-0.3, -0.25) is 0 Å². The first-order chi connectivity index (χ1) is 10.7. The van der Waals surface area contributed by atoms with E-state index in [1.807, 2.05) is 6.92 Å². The van der Waals surface area contributed by atoms with Crippen molar-refractivity contribution in [1.82, 2.24) is 10.2 Å². The van der Waals surface area contributed by atoms with Crippen LogP contribution in [0.15, 0.2) is 18.2 Å². The highest BCUT2D eigenvalue weighted by atomic mass is 16.5. The number of ether oxygens (including phenoxy) is 2. The number of hydrogen-bond donors (Lipinski definition) is 1. The Hall–Kier alpha value is -1.26. The molecule has 22 heavy (non-hydrogen) atoms. The third-order valence-corrected chi connectivity index (χ3v) is 4.92. The summed E-state index contributed by atoms with van der Waals surface area (Å²) in [5.41, 5.74) is 1.26. The molecule has 2 aliphatic rings. The number of benzene rings is 1. The summed E-state index contributed by atoms with van der Waals surface area (Å²) in [4.78, 5) is 2.39. The fraction of sp³-hybridized carbons (Fsp3) is 0.667. The Balaban J connectivity index is 1.89. The highest BCUT2D eigenvalue weighted by Gasteiger charge is 2.42. The van der Waals surface area contributed by atoms with Crippen molar-refractivity contribution in [2.24, 2.45) is 0 Å². The van der Waals surface area contributed by atoms with E-state index in [0.29, 0.717) is 12.6 Å². The molecule has 1 aromatic rings. The lowest BCUT2D eigenvalue weighted by Crippen LogP contribution is -2.51. The van der Waals surface area contributed by atoms with Gasteiger partial charge in [-0.1, -0.05) is 13.0 Å². The van der Waals surface area contributed by atoms with Gasteiger partial charge in [-0.05, 0) is 39.4 Å². The Morgan fingerprint density at radius 3 is 2.77 bits per heavy atom. The fourth-order valence-corrected chi connectivity index (χ4v) is 3.67. The lowest BCUT2D eigenvalue weighted by atomic mass is 9.80. The van der Waals surface area contributed by atoms with Crippen LogP contribution in [0.3, 0.4) is 0 Å². The van der Waals surface area contributed by atoms with E-state index in [2.05, 4.69) is 42.4 Å². The lowest BCUT2D eigenvalue weighted by Gasteiger charge is -2.46. The number of nitrogens with zero attached hydrogens (tertiary/aromatic N) is 1. The maximum Gasteiger partial charge on any atom is 0.128 e. The minimum Gasteiger partial charge on any atom is -0.494 e. The molecule has 1 unspecified atom stereocenters. The Bertz CT molecular complexity index is 510. The van der Waals surface area contributed by atoms with Gasteiger partial charge in [0, 0.05) is 37.2 Å². The molecular formula is C18H28N2O2. The highest BCUT2D eigenvalue weighted by Crippen LogP contribution is 2.45. The molecule has 0 radical (unpaired) electrons. The highest BCUT2D eigenvalue weighted by molar-refractivity contribution is 5.44. The monoisotopic (exact) mass is 304 g/mol.